The van der Waals surface area contributed by atoms with E-state index in [-0.39, 0.29) is 23.7 Å². The van der Waals surface area contributed by atoms with Gasteiger partial charge in [-0.3, -0.25) is 4.79 Å². The number of piperidine rings is 1. The lowest BCUT2D eigenvalue weighted by atomic mass is 9.79. The van der Waals surface area contributed by atoms with Crippen LogP contribution >= 0.6 is 35.8 Å². The Bertz CT molecular complexity index is 488. The third-order valence-corrected chi connectivity index (χ3v) is 5.45. The molecule has 1 amide bonds. The van der Waals surface area contributed by atoms with Crippen molar-refractivity contribution in [2.24, 2.45) is 5.41 Å². The number of methoxy groups -OCH3 is 1. The van der Waals surface area contributed by atoms with Crippen molar-refractivity contribution in [1.82, 2.24) is 10.6 Å². The summed E-state index contributed by atoms with van der Waals surface area (Å²) in [5, 5.41) is 7.19. The molecule has 1 aromatic carbocycles. The molecule has 24 heavy (non-hydrogen) atoms. The third kappa shape index (κ3) is 7.19. The largest absolute Gasteiger partial charge is 0.384 e. The van der Waals surface area contributed by atoms with Gasteiger partial charge in [-0.05, 0) is 50.2 Å². The molecule has 1 heterocycles. The summed E-state index contributed by atoms with van der Waals surface area (Å²) in [6.45, 7) is 3.39. The van der Waals surface area contributed by atoms with E-state index in [9.17, 15) is 4.79 Å². The van der Waals surface area contributed by atoms with Gasteiger partial charge >= 0.3 is 0 Å². The van der Waals surface area contributed by atoms with Crippen LogP contribution < -0.4 is 10.6 Å². The molecule has 7 heteroatoms. The summed E-state index contributed by atoms with van der Waals surface area (Å²) >= 11 is 7.54. The molecule has 0 bridgehead atoms. The molecule has 2 rings (SSSR count). The summed E-state index contributed by atoms with van der Waals surface area (Å²) in [4.78, 5) is 13.2. The van der Waals surface area contributed by atoms with Crippen molar-refractivity contribution in [1.29, 1.82) is 0 Å². The van der Waals surface area contributed by atoms with Gasteiger partial charge in [0.05, 0.1) is 6.61 Å². The fourth-order valence-corrected chi connectivity index (χ4v) is 3.78. The molecule has 1 aliphatic rings. The van der Waals surface area contributed by atoms with Crippen molar-refractivity contribution in [2.45, 2.75) is 24.2 Å². The van der Waals surface area contributed by atoms with E-state index in [1.807, 2.05) is 24.3 Å². The molecule has 1 saturated heterocycles. The molecule has 2 N–H and O–H groups in total. The Labute approximate surface area is 159 Å². The van der Waals surface area contributed by atoms with Gasteiger partial charge < -0.3 is 15.4 Å². The van der Waals surface area contributed by atoms with Crippen molar-refractivity contribution in [3.05, 3.63) is 29.3 Å². The molecule has 0 atom stereocenters. The van der Waals surface area contributed by atoms with Gasteiger partial charge in [-0.25, -0.2) is 0 Å². The lowest BCUT2D eigenvalue weighted by molar-refractivity contribution is -0.121. The lowest BCUT2D eigenvalue weighted by Crippen LogP contribution is -2.47. The SMILES string of the molecule is COCC1(CNC(=O)CCSc2ccc(Cl)cc2)CCNCC1.Cl. The standard InChI is InChI=1S/C17H25ClN2O2S.ClH/c1-22-13-17(7-9-19-10-8-17)12-20-16(21)6-11-23-15-4-2-14(18)3-5-15;/h2-5,19H,6-13H2,1H3,(H,20,21);1H. The van der Waals surface area contributed by atoms with Gasteiger partial charge in [0.1, 0.15) is 0 Å². The van der Waals surface area contributed by atoms with E-state index in [0.717, 1.165) is 41.6 Å². The predicted octanol–water partition coefficient (Wildman–Crippen LogP) is 3.38. The van der Waals surface area contributed by atoms with E-state index < -0.39 is 0 Å². The summed E-state index contributed by atoms with van der Waals surface area (Å²) in [6.07, 6.45) is 2.61. The monoisotopic (exact) mass is 392 g/mol. The second-order valence-corrected chi connectivity index (χ2v) is 7.62. The van der Waals surface area contributed by atoms with Crippen molar-refractivity contribution < 1.29 is 9.53 Å². The molecule has 0 spiro atoms. The molecular weight excluding hydrogens is 367 g/mol. The first-order chi connectivity index (χ1) is 11.1. The number of thioether (sulfide) groups is 1. The molecule has 0 saturated carbocycles. The van der Waals surface area contributed by atoms with Crippen molar-refractivity contribution in [3.8, 4) is 0 Å². The number of carbonyl (C=O) groups is 1. The zero-order chi connectivity index (χ0) is 16.5. The summed E-state index contributed by atoms with van der Waals surface area (Å²) in [7, 11) is 1.73. The minimum atomic E-state index is 0. The highest BCUT2D eigenvalue weighted by Crippen LogP contribution is 2.28. The van der Waals surface area contributed by atoms with E-state index in [2.05, 4.69) is 10.6 Å². The highest BCUT2D eigenvalue weighted by molar-refractivity contribution is 7.99. The van der Waals surface area contributed by atoms with Crippen LogP contribution in [0, 0.1) is 5.41 Å². The number of nitrogens with one attached hydrogen (secondary N) is 2. The molecule has 136 valence electrons. The van der Waals surface area contributed by atoms with E-state index in [0.29, 0.717) is 19.6 Å². The van der Waals surface area contributed by atoms with Gasteiger partial charge in [-0.1, -0.05) is 11.6 Å². The normalized spacial score (nSPS) is 16.2. The van der Waals surface area contributed by atoms with E-state index in [1.165, 1.54) is 0 Å². The van der Waals surface area contributed by atoms with Gasteiger partial charge in [0.25, 0.3) is 0 Å². The van der Waals surface area contributed by atoms with Crippen molar-refractivity contribution >= 4 is 41.7 Å². The first kappa shape index (κ1) is 21.6. The van der Waals surface area contributed by atoms with Crippen molar-refractivity contribution in [3.63, 3.8) is 0 Å². The Morgan fingerprint density at radius 2 is 2.00 bits per heavy atom. The van der Waals surface area contributed by atoms with Crippen LogP contribution in [-0.4, -0.2) is 45.0 Å². The molecule has 0 unspecified atom stereocenters. The predicted molar refractivity (Wildman–Crippen MR) is 103 cm³/mol. The highest BCUT2D eigenvalue weighted by Gasteiger charge is 2.32. The number of amides is 1. The quantitative estimate of drug-likeness (QED) is 0.665. The molecule has 4 nitrogen and oxygen atoms in total. The maximum absolute atomic E-state index is 12.1. The van der Waals surface area contributed by atoms with Crippen LogP contribution in [0.4, 0.5) is 0 Å². The van der Waals surface area contributed by atoms with Crippen LogP contribution in [0.5, 0.6) is 0 Å². The van der Waals surface area contributed by atoms with Crippen LogP contribution in [-0.2, 0) is 9.53 Å². The Morgan fingerprint density at radius 3 is 2.62 bits per heavy atom. The summed E-state index contributed by atoms with van der Waals surface area (Å²) < 4.78 is 5.37. The number of carbonyl (C=O) groups excluding carboxylic acids is 1. The summed E-state index contributed by atoms with van der Waals surface area (Å²) in [6, 6.07) is 7.70. The van der Waals surface area contributed by atoms with Crippen LogP contribution in [0.25, 0.3) is 0 Å². The fraction of sp³-hybridized carbons (Fsp3) is 0.588. The van der Waals surface area contributed by atoms with E-state index in [1.54, 1.807) is 18.9 Å². The molecule has 1 aromatic rings. The van der Waals surface area contributed by atoms with E-state index in [4.69, 9.17) is 16.3 Å². The maximum Gasteiger partial charge on any atom is 0.220 e. The first-order valence-electron chi connectivity index (χ1n) is 7.98. The molecule has 0 aromatic heterocycles. The molecule has 0 radical (unpaired) electrons. The van der Waals surface area contributed by atoms with Gasteiger partial charge in [0.15, 0.2) is 0 Å². The average molecular weight is 393 g/mol. The van der Waals surface area contributed by atoms with Crippen molar-refractivity contribution in [2.75, 3.05) is 39.1 Å². The first-order valence-corrected chi connectivity index (χ1v) is 9.35. The molecule has 1 aliphatic heterocycles. The van der Waals surface area contributed by atoms with Gasteiger partial charge in [-0.2, -0.15) is 0 Å². The maximum atomic E-state index is 12.1. The zero-order valence-corrected chi connectivity index (χ0v) is 16.4. The minimum absolute atomic E-state index is 0. The lowest BCUT2D eigenvalue weighted by Gasteiger charge is -2.37. The number of halogens is 2. The van der Waals surface area contributed by atoms with Crippen LogP contribution in [0.2, 0.25) is 5.02 Å². The third-order valence-electron chi connectivity index (χ3n) is 4.19. The van der Waals surface area contributed by atoms with Crippen LogP contribution in [0.3, 0.4) is 0 Å². The number of rotatable bonds is 8. The smallest absolute Gasteiger partial charge is 0.220 e. The summed E-state index contributed by atoms with van der Waals surface area (Å²) in [5.74, 6) is 0.882. The number of hydrogen-bond acceptors (Lipinski definition) is 4. The highest BCUT2D eigenvalue weighted by atomic mass is 35.5. The average Bonchev–Trinajstić information content (AvgIpc) is 2.56. The Kier molecular flexibility index (Phi) is 10.1. The fourth-order valence-electron chi connectivity index (χ4n) is 2.80. The van der Waals surface area contributed by atoms with E-state index >= 15 is 0 Å². The minimum Gasteiger partial charge on any atom is -0.384 e. The van der Waals surface area contributed by atoms with Gasteiger partial charge in [-0.15, -0.1) is 24.2 Å². The number of ether oxygens (including phenoxy) is 1. The number of hydrogen-bond donors (Lipinski definition) is 2. The van der Waals surface area contributed by atoms with Gasteiger partial charge in [0.2, 0.25) is 5.91 Å². The van der Waals surface area contributed by atoms with Crippen LogP contribution in [0.15, 0.2) is 29.2 Å². The molecule has 1 fully saturated rings. The van der Waals surface area contributed by atoms with Crippen LogP contribution in [0.1, 0.15) is 19.3 Å². The zero-order valence-electron chi connectivity index (χ0n) is 14.0. The Balaban J connectivity index is 0.00000288. The summed E-state index contributed by atoms with van der Waals surface area (Å²) in [5.41, 5.74) is 0.0823. The second-order valence-electron chi connectivity index (χ2n) is 6.01. The molecular formula is C17H26Cl2N2O2S. The molecule has 0 aliphatic carbocycles. The Morgan fingerprint density at radius 1 is 1.33 bits per heavy atom. The topological polar surface area (TPSA) is 50.4 Å². The number of benzene rings is 1. The van der Waals surface area contributed by atoms with Gasteiger partial charge in [0, 0.05) is 41.2 Å². The Hall–Kier alpha value is -0.460. The second kappa shape index (κ2) is 11.2.